The predicted octanol–water partition coefficient (Wildman–Crippen LogP) is 2.18. The Hall–Kier alpha value is -3.12. The van der Waals surface area contributed by atoms with Crippen molar-refractivity contribution in [1.29, 1.82) is 0 Å². The van der Waals surface area contributed by atoms with Crippen molar-refractivity contribution < 1.29 is 18.3 Å². The molecule has 186 valence electrons. The van der Waals surface area contributed by atoms with E-state index in [0.29, 0.717) is 62.3 Å². The van der Waals surface area contributed by atoms with Gasteiger partial charge in [0, 0.05) is 33.2 Å². The maximum Gasteiger partial charge on any atom is 0.296 e. The molecular formula is C22H25ClF2N8O2. The third-order valence-electron chi connectivity index (χ3n) is 6.40. The standard InChI is InChI=1S/C22H25ClF2N8O2/c1-13-4-3-5-15-17(13)26-19(18(24)25)33(15)22-28-20(31-6-8-35-9-7-31)27-21(29-22)32-11-14(12-32)30(2)16(34)10-23/h3-5,14,18H,6-12H2,1-2H3. The molecule has 0 saturated carbocycles. The normalized spacial score (nSPS) is 16.7. The third-order valence-corrected chi connectivity index (χ3v) is 6.63. The van der Waals surface area contributed by atoms with Crippen LogP contribution < -0.4 is 9.80 Å². The Morgan fingerprint density at radius 2 is 1.77 bits per heavy atom. The Morgan fingerprint density at radius 3 is 2.43 bits per heavy atom. The number of likely N-dealkylation sites (N-methyl/N-ethyl adjacent to an activating group) is 1. The fourth-order valence-electron chi connectivity index (χ4n) is 4.26. The van der Waals surface area contributed by atoms with Gasteiger partial charge in [-0.15, -0.1) is 11.6 Å². The van der Waals surface area contributed by atoms with E-state index in [0.717, 1.165) is 5.56 Å². The van der Waals surface area contributed by atoms with Gasteiger partial charge in [0.1, 0.15) is 5.88 Å². The van der Waals surface area contributed by atoms with Crippen molar-refractivity contribution in [3.05, 3.63) is 29.6 Å². The molecule has 3 aromatic rings. The highest BCUT2D eigenvalue weighted by Crippen LogP contribution is 2.30. The number of imidazole rings is 1. The summed E-state index contributed by atoms with van der Waals surface area (Å²) >= 11 is 5.69. The fourth-order valence-corrected chi connectivity index (χ4v) is 4.45. The van der Waals surface area contributed by atoms with E-state index in [-0.39, 0.29) is 23.8 Å². The van der Waals surface area contributed by atoms with Crippen LogP contribution >= 0.6 is 11.6 Å². The number of aryl methyl sites for hydroxylation is 1. The molecule has 0 spiro atoms. The number of hydrogen-bond acceptors (Lipinski definition) is 8. The minimum atomic E-state index is -2.82. The number of rotatable bonds is 6. The number of carbonyl (C=O) groups excluding carboxylic acids is 1. The second-order valence-corrected chi connectivity index (χ2v) is 8.85. The molecule has 4 heterocycles. The van der Waals surface area contributed by atoms with Crippen LogP contribution in [0.15, 0.2) is 18.2 Å². The summed E-state index contributed by atoms with van der Waals surface area (Å²) in [5, 5.41) is 0. The number of amides is 1. The first kappa shape index (κ1) is 23.6. The molecule has 35 heavy (non-hydrogen) atoms. The van der Waals surface area contributed by atoms with E-state index < -0.39 is 12.2 Å². The Labute approximate surface area is 205 Å². The predicted molar refractivity (Wildman–Crippen MR) is 127 cm³/mol. The molecule has 0 atom stereocenters. The molecule has 1 aromatic carbocycles. The van der Waals surface area contributed by atoms with E-state index in [1.165, 1.54) is 4.57 Å². The summed E-state index contributed by atoms with van der Waals surface area (Å²) in [5.74, 6) is 0.143. The number of nitrogens with zero attached hydrogens (tertiary/aromatic N) is 8. The molecule has 2 fully saturated rings. The number of morpholine rings is 1. The second-order valence-electron chi connectivity index (χ2n) is 8.58. The van der Waals surface area contributed by atoms with Crippen LogP contribution in [0.1, 0.15) is 17.8 Å². The van der Waals surface area contributed by atoms with Crippen molar-refractivity contribution >= 4 is 40.4 Å². The van der Waals surface area contributed by atoms with Crippen LogP contribution in [0, 0.1) is 6.92 Å². The van der Waals surface area contributed by atoms with Gasteiger partial charge in [-0.3, -0.25) is 9.36 Å². The van der Waals surface area contributed by atoms with Crippen LogP contribution in [0.2, 0.25) is 0 Å². The molecule has 2 saturated heterocycles. The van der Waals surface area contributed by atoms with Gasteiger partial charge < -0.3 is 19.4 Å². The molecule has 1 amide bonds. The summed E-state index contributed by atoms with van der Waals surface area (Å²) < 4.78 is 34.9. The Kier molecular flexibility index (Phi) is 6.41. The van der Waals surface area contributed by atoms with Crippen molar-refractivity contribution in [1.82, 2.24) is 29.4 Å². The first-order chi connectivity index (χ1) is 16.9. The van der Waals surface area contributed by atoms with Gasteiger partial charge in [-0.25, -0.2) is 13.8 Å². The molecule has 13 heteroatoms. The highest BCUT2D eigenvalue weighted by molar-refractivity contribution is 6.27. The van der Waals surface area contributed by atoms with Crippen LogP contribution in [-0.2, 0) is 9.53 Å². The van der Waals surface area contributed by atoms with Crippen molar-refractivity contribution in [3.8, 4) is 5.95 Å². The summed E-state index contributed by atoms with van der Waals surface area (Å²) in [7, 11) is 1.71. The largest absolute Gasteiger partial charge is 0.378 e. The lowest BCUT2D eigenvalue weighted by Crippen LogP contribution is -2.60. The zero-order chi connectivity index (χ0) is 24.7. The first-order valence-corrected chi connectivity index (χ1v) is 11.8. The van der Waals surface area contributed by atoms with Crippen LogP contribution in [0.25, 0.3) is 17.0 Å². The van der Waals surface area contributed by atoms with Gasteiger partial charge in [-0.05, 0) is 18.6 Å². The van der Waals surface area contributed by atoms with Crippen molar-refractivity contribution in [2.75, 3.05) is 62.1 Å². The van der Waals surface area contributed by atoms with Gasteiger partial charge in [0.25, 0.3) is 6.43 Å². The SMILES string of the molecule is Cc1cccc2c1nc(C(F)F)n2-c1nc(N2CCOCC2)nc(N2CC(N(C)C(=O)CCl)C2)n1. The van der Waals surface area contributed by atoms with Crippen LogP contribution in [0.5, 0.6) is 0 Å². The van der Waals surface area contributed by atoms with Crippen molar-refractivity contribution in [2.24, 2.45) is 0 Å². The highest BCUT2D eigenvalue weighted by atomic mass is 35.5. The number of anilines is 2. The van der Waals surface area contributed by atoms with Crippen LogP contribution in [0.3, 0.4) is 0 Å². The summed E-state index contributed by atoms with van der Waals surface area (Å²) in [6.45, 7) is 5.00. The molecule has 0 aliphatic carbocycles. The molecule has 5 rings (SSSR count). The summed E-state index contributed by atoms with van der Waals surface area (Å²) in [4.78, 5) is 35.4. The maximum atomic E-state index is 14.1. The Morgan fingerprint density at radius 1 is 1.11 bits per heavy atom. The number of ether oxygens (including phenoxy) is 1. The third kappa shape index (κ3) is 4.36. The van der Waals surface area contributed by atoms with Gasteiger partial charge in [0.05, 0.1) is 30.3 Å². The fraction of sp³-hybridized carbons (Fsp3) is 0.500. The topological polar surface area (TPSA) is 92.5 Å². The number of alkyl halides is 3. The van der Waals surface area contributed by atoms with E-state index in [1.54, 1.807) is 24.1 Å². The van der Waals surface area contributed by atoms with E-state index in [1.807, 2.05) is 22.8 Å². The minimum absolute atomic E-state index is 0.0401. The van der Waals surface area contributed by atoms with Crippen molar-refractivity contribution in [2.45, 2.75) is 19.4 Å². The molecule has 0 radical (unpaired) electrons. The lowest BCUT2D eigenvalue weighted by Gasteiger charge is -2.44. The number of fused-ring (bicyclic) bond motifs is 1. The number of benzene rings is 1. The molecule has 10 nitrogen and oxygen atoms in total. The zero-order valence-electron chi connectivity index (χ0n) is 19.4. The molecule has 0 bridgehead atoms. The smallest absolute Gasteiger partial charge is 0.296 e. The number of aromatic nitrogens is 5. The van der Waals surface area contributed by atoms with Crippen molar-refractivity contribution in [3.63, 3.8) is 0 Å². The molecule has 2 aliphatic heterocycles. The molecule has 2 aromatic heterocycles. The van der Waals surface area contributed by atoms with E-state index in [9.17, 15) is 13.6 Å². The number of hydrogen-bond donors (Lipinski definition) is 0. The Balaban J connectivity index is 1.58. The summed E-state index contributed by atoms with van der Waals surface area (Å²) in [5.41, 5.74) is 1.76. The first-order valence-electron chi connectivity index (χ1n) is 11.3. The van der Waals surface area contributed by atoms with Crippen LogP contribution in [0.4, 0.5) is 20.7 Å². The second kappa shape index (κ2) is 9.50. The Bertz CT molecular complexity index is 1240. The number of halogens is 3. The van der Waals surface area contributed by atoms with E-state index >= 15 is 0 Å². The molecule has 2 aliphatic rings. The zero-order valence-corrected chi connectivity index (χ0v) is 20.1. The maximum absolute atomic E-state index is 14.1. The quantitative estimate of drug-likeness (QED) is 0.470. The molecule has 0 unspecified atom stereocenters. The number of para-hydroxylation sites is 1. The van der Waals surface area contributed by atoms with Gasteiger partial charge >= 0.3 is 0 Å². The van der Waals surface area contributed by atoms with Gasteiger partial charge in [0.2, 0.25) is 23.8 Å². The van der Waals surface area contributed by atoms with Crippen LogP contribution in [-0.4, -0.2) is 93.7 Å². The van der Waals surface area contributed by atoms with Gasteiger partial charge in [-0.1, -0.05) is 12.1 Å². The number of carbonyl (C=O) groups is 1. The lowest BCUT2D eigenvalue weighted by atomic mass is 10.1. The van der Waals surface area contributed by atoms with E-state index in [4.69, 9.17) is 16.3 Å². The van der Waals surface area contributed by atoms with Gasteiger partial charge in [-0.2, -0.15) is 15.0 Å². The average molecular weight is 507 g/mol. The summed E-state index contributed by atoms with van der Waals surface area (Å²) in [6.07, 6.45) is -2.82. The average Bonchev–Trinajstić information content (AvgIpc) is 3.24. The van der Waals surface area contributed by atoms with Gasteiger partial charge in [0.15, 0.2) is 5.82 Å². The molecule has 0 N–H and O–H groups in total. The highest BCUT2D eigenvalue weighted by Gasteiger charge is 2.35. The summed E-state index contributed by atoms with van der Waals surface area (Å²) in [6, 6.07) is 5.30. The minimum Gasteiger partial charge on any atom is -0.378 e. The molecular weight excluding hydrogens is 482 g/mol. The lowest BCUT2D eigenvalue weighted by molar-refractivity contribution is -0.129. The van der Waals surface area contributed by atoms with E-state index in [2.05, 4.69) is 19.9 Å². The monoisotopic (exact) mass is 506 g/mol.